The maximum absolute atomic E-state index is 3.38. The van der Waals surface area contributed by atoms with Gasteiger partial charge in [0, 0.05) is 17.3 Å². The lowest BCUT2D eigenvalue weighted by molar-refractivity contribution is 0.400. The zero-order chi connectivity index (χ0) is 9.15. The van der Waals surface area contributed by atoms with Gasteiger partial charge < -0.3 is 4.98 Å². The number of hydrogen-bond acceptors (Lipinski definition) is 0. The molecule has 1 N–H and O–H groups in total. The summed E-state index contributed by atoms with van der Waals surface area (Å²) in [5.41, 5.74) is 1.87. The van der Waals surface area contributed by atoms with E-state index in [4.69, 9.17) is 0 Å². The van der Waals surface area contributed by atoms with Gasteiger partial charge in [-0.15, -0.1) is 0 Å². The Kier molecular flexibility index (Phi) is 2.43. The molecule has 0 spiro atoms. The van der Waals surface area contributed by atoms with E-state index in [9.17, 15) is 0 Å². The topological polar surface area (TPSA) is 15.8 Å². The molecule has 1 aliphatic rings. The molecule has 13 heavy (non-hydrogen) atoms. The van der Waals surface area contributed by atoms with Gasteiger partial charge in [0.1, 0.15) is 0 Å². The number of hydrogen-bond donors (Lipinski definition) is 1. The van der Waals surface area contributed by atoms with E-state index in [1.165, 1.54) is 44.2 Å². The van der Waals surface area contributed by atoms with Gasteiger partial charge in [-0.1, -0.05) is 32.6 Å². The molecule has 0 aliphatic heterocycles. The third-order valence-corrected chi connectivity index (χ3v) is 3.46. The van der Waals surface area contributed by atoms with Crippen LogP contribution in [-0.4, -0.2) is 4.98 Å². The minimum absolute atomic E-state index is 0.431. The van der Waals surface area contributed by atoms with E-state index in [1.807, 2.05) is 6.20 Å². The predicted octanol–water partition coefficient (Wildman–Crippen LogP) is 3.63. The molecular formula is C12H19N. The second kappa shape index (κ2) is 3.57. The Hall–Kier alpha value is -0.720. The van der Waals surface area contributed by atoms with E-state index in [0.29, 0.717) is 5.41 Å². The molecule has 1 heteroatoms. The Morgan fingerprint density at radius 3 is 2.38 bits per heavy atom. The monoisotopic (exact) mass is 177 g/mol. The second-order valence-electron chi connectivity index (χ2n) is 4.56. The van der Waals surface area contributed by atoms with E-state index in [0.717, 1.165) is 0 Å². The minimum Gasteiger partial charge on any atom is -0.365 e. The molecule has 0 atom stereocenters. The van der Waals surface area contributed by atoms with E-state index in [1.54, 1.807) is 0 Å². The summed E-state index contributed by atoms with van der Waals surface area (Å²) in [5, 5.41) is 0. The van der Waals surface area contributed by atoms with Gasteiger partial charge in [-0.3, -0.25) is 0 Å². The van der Waals surface area contributed by atoms with Gasteiger partial charge in [0.25, 0.3) is 0 Å². The molecule has 0 amide bonds. The summed E-state index contributed by atoms with van der Waals surface area (Å²) in [7, 11) is 0. The fourth-order valence-electron chi connectivity index (χ4n) is 2.48. The minimum atomic E-state index is 0.431. The number of aromatic nitrogens is 1. The van der Waals surface area contributed by atoms with Crippen LogP contribution in [0.15, 0.2) is 18.3 Å². The van der Waals surface area contributed by atoms with E-state index < -0.39 is 0 Å². The SMILES string of the molecule is CC1(c2ccc[nH]2)CCCCCC1. The first-order valence-corrected chi connectivity index (χ1v) is 5.45. The summed E-state index contributed by atoms with van der Waals surface area (Å²) in [6, 6.07) is 4.36. The van der Waals surface area contributed by atoms with Crippen LogP contribution in [0.1, 0.15) is 51.1 Å². The molecule has 0 radical (unpaired) electrons. The molecule has 72 valence electrons. The van der Waals surface area contributed by atoms with Crippen LogP contribution < -0.4 is 0 Å². The third kappa shape index (κ3) is 1.79. The van der Waals surface area contributed by atoms with Gasteiger partial charge in [-0.25, -0.2) is 0 Å². The first kappa shape index (κ1) is 8.86. The Bertz CT molecular complexity index is 240. The summed E-state index contributed by atoms with van der Waals surface area (Å²) in [6.45, 7) is 2.41. The number of rotatable bonds is 1. The molecule has 0 bridgehead atoms. The van der Waals surface area contributed by atoms with Crippen molar-refractivity contribution in [2.24, 2.45) is 0 Å². The fourth-order valence-corrected chi connectivity index (χ4v) is 2.48. The Labute approximate surface area is 80.6 Å². The molecule has 1 aromatic rings. The van der Waals surface area contributed by atoms with Crippen molar-refractivity contribution in [1.82, 2.24) is 4.98 Å². The highest BCUT2D eigenvalue weighted by Crippen LogP contribution is 2.36. The van der Waals surface area contributed by atoms with Crippen molar-refractivity contribution < 1.29 is 0 Å². The van der Waals surface area contributed by atoms with Crippen molar-refractivity contribution in [3.63, 3.8) is 0 Å². The lowest BCUT2D eigenvalue weighted by atomic mass is 9.80. The molecule has 0 aromatic carbocycles. The predicted molar refractivity (Wildman–Crippen MR) is 55.8 cm³/mol. The zero-order valence-corrected chi connectivity index (χ0v) is 8.47. The van der Waals surface area contributed by atoms with Crippen LogP contribution in [0.4, 0.5) is 0 Å². The van der Waals surface area contributed by atoms with Crippen molar-refractivity contribution in [1.29, 1.82) is 0 Å². The van der Waals surface area contributed by atoms with Crippen molar-refractivity contribution in [2.45, 2.75) is 50.9 Å². The largest absolute Gasteiger partial charge is 0.365 e. The molecule has 2 rings (SSSR count). The average molecular weight is 177 g/mol. The molecule has 1 nitrogen and oxygen atoms in total. The lowest BCUT2D eigenvalue weighted by Crippen LogP contribution is -2.21. The molecule has 1 fully saturated rings. The van der Waals surface area contributed by atoms with Crippen LogP contribution in [-0.2, 0) is 5.41 Å². The van der Waals surface area contributed by atoms with Crippen molar-refractivity contribution in [3.8, 4) is 0 Å². The highest BCUT2D eigenvalue weighted by molar-refractivity contribution is 5.16. The number of aromatic amines is 1. The van der Waals surface area contributed by atoms with Crippen LogP contribution in [0.25, 0.3) is 0 Å². The summed E-state index contributed by atoms with van der Waals surface area (Å²) >= 11 is 0. The van der Waals surface area contributed by atoms with E-state index in [-0.39, 0.29) is 0 Å². The van der Waals surface area contributed by atoms with Crippen molar-refractivity contribution >= 4 is 0 Å². The maximum Gasteiger partial charge on any atom is 0.0207 e. The summed E-state index contributed by atoms with van der Waals surface area (Å²) in [5.74, 6) is 0. The van der Waals surface area contributed by atoms with Crippen LogP contribution in [0.3, 0.4) is 0 Å². The average Bonchev–Trinajstić information content (AvgIpc) is 2.57. The molecule has 1 saturated carbocycles. The van der Waals surface area contributed by atoms with E-state index in [2.05, 4.69) is 24.0 Å². The van der Waals surface area contributed by atoms with Gasteiger partial charge >= 0.3 is 0 Å². The number of nitrogens with one attached hydrogen (secondary N) is 1. The van der Waals surface area contributed by atoms with E-state index >= 15 is 0 Å². The summed E-state index contributed by atoms with van der Waals surface area (Å²) in [4.78, 5) is 3.38. The van der Waals surface area contributed by atoms with Crippen LogP contribution in [0, 0.1) is 0 Å². The molecule has 1 aliphatic carbocycles. The van der Waals surface area contributed by atoms with Crippen molar-refractivity contribution in [2.75, 3.05) is 0 Å². The highest BCUT2D eigenvalue weighted by Gasteiger charge is 2.27. The van der Waals surface area contributed by atoms with Crippen LogP contribution in [0.5, 0.6) is 0 Å². The molecule has 1 heterocycles. The quantitative estimate of drug-likeness (QED) is 0.630. The molecule has 0 saturated heterocycles. The first-order valence-electron chi connectivity index (χ1n) is 5.45. The summed E-state index contributed by atoms with van der Waals surface area (Å²) < 4.78 is 0. The molecule has 1 aromatic heterocycles. The fraction of sp³-hybridized carbons (Fsp3) is 0.667. The van der Waals surface area contributed by atoms with Gasteiger partial charge in [0.05, 0.1) is 0 Å². The first-order chi connectivity index (χ1) is 6.31. The standard InChI is InChI=1S/C12H19N/c1-12(11-7-6-10-13-11)8-4-2-3-5-9-12/h6-7,10,13H,2-5,8-9H2,1H3. The van der Waals surface area contributed by atoms with Gasteiger partial charge in [-0.05, 0) is 25.0 Å². The highest BCUT2D eigenvalue weighted by atomic mass is 14.7. The third-order valence-electron chi connectivity index (χ3n) is 3.46. The second-order valence-corrected chi connectivity index (χ2v) is 4.56. The Morgan fingerprint density at radius 2 is 1.85 bits per heavy atom. The lowest BCUT2D eigenvalue weighted by Gasteiger charge is -2.26. The number of H-pyrrole nitrogens is 1. The van der Waals surface area contributed by atoms with Crippen LogP contribution >= 0.6 is 0 Å². The normalized spacial score (nSPS) is 22.5. The van der Waals surface area contributed by atoms with Crippen molar-refractivity contribution in [3.05, 3.63) is 24.0 Å². The Morgan fingerprint density at radius 1 is 1.15 bits per heavy atom. The van der Waals surface area contributed by atoms with Gasteiger partial charge in [0.15, 0.2) is 0 Å². The smallest absolute Gasteiger partial charge is 0.0207 e. The molecule has 0 unspecified atom stereocenters. The molecular weight excluding hydrogens is 158 g/mol. The summed E-state index contributed by atoms with van der Waals surface area (Å²) in [6.07, 6.45) is 10.4. The van der Waals surface area contributed by atoms with Gasteiger partial charge in [-0.2, -0.15) is 0 Å². The maximum atomic E-state index is 3.38. The zero-order valence-electron chi connectivity index (χ0n) is 8.47. The Balaban J connectivity index is 2.17. The van der Waals surface area contributed by atoms with Gasteiger partial charge in [0.2, 0.25) is 0 Å². The van der Waals surface area contributed by atoms with Crippen LogP contribution in [0.2, 0.25) is 0 Å².